The van der Waals surface area contributed by atoms with Crippen LogP contribution in [0.1, 0.15) is 44.7 Å². The Kier molecular flexibility index (Phi) is 9.83. The number of thiophene rings is 1. The van der Waals surface area contributed by atoms with E-state index in [-0.39, 0.29) is 24.0 Å². The van der Waals surface area contributed by atoms with E-state index in [0.29, 0.717) is 19.0 Å². The Hall–Kier alpha value is -1.39. The van der Waals surface area contributed by atoms with Crippen molar-refractivity contribution in [3.63, 3.8) is 0 Å². The highest BCUT2D eigenvalue weighted by atomic mass is 127. The summed E-state index contributed by atoms with van der Waals surface area (Å²) in [4.78, 5) is 11.7. The van der Waals surface area contributed by atoms with E-state index < -0.39 is 5.60 Å². The van der Waals surface area contributed by atoms with Gasteiger partial charge in [-0.05, 0) is 66.6 Å². The van der Waals surface area contributed by atoms with Gasteiger partial charge >= 0.3 is 0 Å². The molecule has 0 radical (unpaired) electrons. The average molecular weight is 544 g/mol. The van der Waals surface area contributed by atoms with Gasteiger partial charge in [0, 0.05) is 25.8 Å². The van der Waals surface area contributed by atoms with E-state index in [2.05, 4.69) is 44.6 Å². The lowest BCUT2D eigenvalue weighted by atomic mass is 9.99. The summed E-state index contributed by atoms with van der Waals surface area (Å²) in [7, 11) is 0. The minimum absolute atomic E-state index is 0. The number of aliphatic imine (C=N–C) groups is 1. The minimum Gasteiger partial charge on any atom is -0.384 e. The Morgan fingerprint density at radius 1 is 1.30 bits per heavy atom. The van der Waals surface area contributed by atoms with Crippen molar-refractivity contribution in [2.24, 2.45) is 10.9 Å². The van der Waals surface area contributed by atoms with Gasteiger partial charge in [0.05, 0.1) is 13.1 Å². The van der Waals surface area contributed by atoms with Gasteiger partial charge in [0.2, 0.25) is 0 Å². The van der Waals surface area contributed by atoms with Crippen LogP contribution in [-0.2, 0) is 12.1 Å². The zero-order chi connectivity index (χ0) is 20.7. The molecule has 1 aliphatic heterocycles. The van der Waals surface area contributed by atoms with E-state index in [4.69, 9.17) is 0 Å². The molecule has 8 heteroatoms. The standard InChI is InChI=1S/C22H33N5OS.HI/c1-4-23-21(26-16-22(3,28)19-9-12-29-15-19)25-14-18-5-6-20(24-13-18)27-10-7-17(2)8-11-27;/h5-6,9,12-13,15,17,28H,4,7-8,10-11,14,16H2,1-3H3,(H2,23,25,26);1H. The maximum absolute atomic E-state index is 10.7. The first kappa shape index (κ1) is 24.9. The van der Waals surface area contributed by atoms with Crippen LogP contribution in [0.25, 0.3) is 0 Å². The van der Waals surface area contributed by atoms with Gasteiger partial charge in [-0.2, -0.15) is 11.3 Å². The third-order valence-corrected chi connectivity index (χ3v) is 6.11. The van der Waals surface area contributed by atoms with E-state index in [1.54, 1.807) is 11.3 Å². The summed E-state index contributed by atoms with van der Waals surface area (Å²) in [6.45, 7) is 10.0. The van der Waals surface area contributed by atoms with Crippen LogP contribution in [-0.4, -0.2) is 42.2 Å². The monoisotopic (exact) mass is 543 g/mol. The molecule has 1 saturated heterocycles. The summed E-state index contributed by atoms with van der Waals surface area (Å²) in [5, 5.41) is 21.1. The van der Waals surface area contributed by atoms with Gasteiger partial charge in [0.25, 0.3) is 0 Å². The molecular formula is C22H34IN5OS. The SMILES string of the molecule is CCNC(=NCc1ccc(N2CCC(C)CC2)nc1)NCC(C)(O)c1ccsc1.I. The first-order valence-electron chi connectivity index (χ1n) is 10.4. The molecule has 0 spiro atoms. The Labute approximate surface area is 201 Å². The predicted octanol–water partition coefficient (Wildman–Crippen LogP) is 3.96. The highest BCUT2D eigenvalue weighted by Crippen LogP contribution is 2.22. The first-order valence-corrected chi connectivity index (χ1v) is 11.4. The molecule has 1 fully saturated rings. The third kappa shape index (κ3) is 7.09. The molecule has 0 bridgehead atoms. The molecule has 2 aromatic rings. The second kappa shape index (κ2) is 11.9. The van der Waals surface area contributed by atoms with Crippen molar-refractivity contribution >= 4 is 47.1 Å². The second-order valence-corrected chi connectivity index (χ2v) is 8.81. The molecule has 3 N–H and O–H groups in total. The number of nitrogens with zero attached hydrogens (tertiary/aromatic N) is 3. The summed E-state index contributed by atoms with van der Waals surface area (Å²) in [5.74, 6) is 2.57. The first-order chi connectivity index (χ1) is 14.0. The molecular weight excluding hydrogens is 509 g/mol. The van der Waals surface area contributed by atoms with Crippen LogP contribution < -0.4 is 15.5 Å². The van der Waals surface area contributed by atoms with Crippen LogP contribution in [0.2, 0.25) is 0 Å². The maximum Gasteiger partial charge on any atom is 0.191 e. The summed E-state index contributed by atoms with van der Waals surface area (Å²) in [5.41, 5.74) is 1.05. The van der Waals surface area contributed by atoms with E-state index in [0.717, 1.165) is 42.5 Å². The van der Waals surface area contributed by atoms with Crippen molar-refractivity contribution in [2.45, 2.75) is 45.8 Å². The van der Waals surface area contributed by atoms with E-state index in [9.17, 15) is 5.11 Å². The molecule has 1 unspecified atom stereocenters. The molecule has 0 amide bonds. The fourth-order valence-electron chi connectivity index (χ4n) is 3.38. The Bertz CT molecular complexity index is 771. The highest BCUT2D eigenvalue weighted by Gasteiger charge is 2.23. The number of hydrogen-bond donors (Lipinski definition) is 3. The summed E-state index contributed by atoms with van der Waals surface area (Å²) >= 11 is 1.59. The van der Waals surface area contributed by atoms with Crippen molar-refractivity contribution in [3.8, 4) is 0 Å². The molecule has 0 aliphatic carbocycles. The van der Waals surface area contributed by atoms with Crippen LogP contribution >= 0.6 is 35.3 Å². The van der Waals surface area contributed by atoms with Gasteiger partial charge in [-0.25, -0.2) is 9.98 Å². The van der Waals surface area contributed by atoms with Crippen molar-refractivity contribution in [1.82, 2.24) is 15.6 Å². The Morgan fingerprint density at radius 3 is 2.67 bits per heavy atom. The van der Waals surface area contributed by atoms with Crippen LogP contribution in [0.15, 0.2) is 40.1 Å². The van der Waals surface area contributed by atoms with Crippen molar-refractivity contribution < 1.29 is 5.11 Å². The largest absolute Gasteiger partial charge is 0.384 e. The molecule has 6 nitrogen and oxygen atoms in total. The summed E-state index contributed by atoms with van der Waals surface area (Å²) in [6, 6.07) is 6.16. The van der Waals surface area contributed by atoms with Crippen molar-refractivity contribution in [2.75, 3.05) is 31.1 Å². The van der Waals surface area contributed by atoms with Crippen LogP contribution in [0.3, 0.4) is 0 Å². The highest BCUT2D eigenvalue weighted by molar-refractivity contribution is 14.0. The predicted molar refractivity (Wildman–Crippen MR) is 137 cm³/mol. The fraction of sp³-hybridized carbons (Fsp3) is 0.545. The van der Waals surface area contributed by atoms with Gasteiger partial charge in [-0.15, -0.1) is 24.0 Å². The number of halogens is 1. The van der Waals surface area contributed by atoms with E-state index in [1.165, 1.54) is 12.8 Å². The van der Waals surface area contributed by atoms with E-state index in [1.807, 2.05) is 36.9 Å². The molecule has 166 valence electrons. The smallest absolute Gasteiger partial charge is 0.191 e. The van der Waals surface area contributed by atoms with Crippen molar-refractivity contribution in [3.05, 3.63) is 46.3 Å². The van der Waals surface area contributed by atoms with Gasteiger partial charge in [0.15, 0.2) is 5.96 Å². The van der Waals surface area contributed by atoms with Crippen LogP contribution in [0.4, 0.5) is 5.82 Å². The Balaban J connectivity index is 0.00000320. The molecule has 3 rings (SSSR count). The molecule has 30 heavy (non-hydrogen) atoms. The molecule has 1 aliphatic rings. The number of rotatable bonds is 7. The summed E-state index contributed by atoms with van der Waals surface area (Å²) in [6.07, 6.45) is 4.39. The molecule has 1 atom stereocenters. The summed E-state index contributed by atoms with van der Waals surface area (Å²) < 4.78 is 0. The molecule has 0 saturated carbocycles. The van der Waals surface area contributed by atoms with Gasteiger partial charge < -0.3 is 20.6 Å². The molecule has 0 aromatic carbocycles. The quantitative estimate of drug-likeness (QED) is 0.280. The lowest BCUT2D eigenvalue weighted by Gasteiger charge is -2.31. The van der Waals surface area contributed by atoms with Crippen LogP contribution in [0, 0.1) is 5.92 Å². The number of hydrogen-bond acceptors (Lipinski definition) is 5. The Morgan fingerprint density at radius 2 is 2.07 bits per heavy atom. The lowest BCUT2D eigenvalue weighted by molar-refractivity contribution is 0.0621. The molecule has 2 aromatic heterocycles. The lowest BCUT2D eigenvalue weighted by Crippen LogP contribution is -2.44. The molecule has 3 heterocycles. The van der Waals surface area contributed by atoms with Crippen molar-refractivity contribution in [1.29, 1.82) is 0 Å². The number of aliphatic hydroxyl groups is 1. The van der Waals surface area contributed by atoms with Gasteiger partial charge in [0.1, 0.15) is 11.4 Å². The number of piperidine rings is 1. The van der Waals surface area contributed by atoms with Crippen LogP contribution in [0.5, 0.6) is 0 Å². The topological polar surface area (TPSA) is 72.8 Å². The fourth-order valence-corrected chi connectivity index (χ4v) is 4.16. The number of aromatic nitrogens is 1. The number of nitrogens with one attached hydrogen (secondary N) is 2. The minimum atomic E-state index is -0.939. The zero-order valence-corrected chi connectivity index (χ0v) is 21.2. The zero-order valence-electron chi connectivity index (χ0n) is 18.1. The number of guanidine groups is 1. The maximum atomic E-state index is 10.7. The number of pyridine rings is 1. The normalized spacial score (nSPS) is 17.2. The van der Waals surface area contributed by atoms with E-state index >= 15 is 0 Å². The number of anilines is 1. The third-order valence-electron chi connectivity index (χ3n) is 5.42. The van der Waals surface area contributed by atoms with Gasteiger partial charge in [-0.3, -0.25) is 0 Å². The second-order valence-electron chi connectivity index (χ2n) is 8.03. The van der Waals surface area contributed by atoms with Gasteiger partial charge in [-0.1, -0.05) is 13.0 Å². The average Bonchev–Trinajstić information content (AvgIpc) is 3.27.